The average Bonchev–Trinajstić information content (AvgIpc) is 3.01. The first-order valence-electron chi connectivity index (χ1n) is 6.88. The molecule has 24 heavy (non-hydrogen) atoms. The Morgan fingerprint density at radius 3 is 2.62 bits per heavy atom. The van der Waals surface area contributed by atoms with Gasteiger partial charge in [-0.15, -0.1) is 10.2 Å². The highest BCUT2D eigenvalue weighted by molar-refractivity contribution is 8.01. The molecule has 2 aromatic carbocycles. The molecule has 0 saturated carbocycles. The number of rotatable bonds is 6. The molecule has 0 radical (unpaired) electrons. The van der Waals surface area contributed by atoms with Crippen LogP contribution in [0.15, 0.2) is 52.9 Å². The maximum Gasteiger partial charge on any atom is 0.210 e. The van der Waals surface area contributed by atoms with Gasteiger partial charge in [0.2, 0.25) is 5.13 Å². The van der Waals surface area contributed by atoms with E-state index in [1.54, 1.807) is 12.1 Å². The van der Waals surface area contributed by atoms with E-state index in [1.807, 2.05) is 0 Å². The molecule has 1 N–H and O–H groups in total. The summed E-state index contributed by atoms with van der Waals surface area (Å²) in [7, 11) is 0. The summed E-state index contributed by atoms with van der Waals surface area (Å²) in [6.45, 7) is 0. The van der Waals surface area contributed by atoms with Gasteiger partial charge in [0, 0.05) is 11.3 Å². The van der Waals surface area contributed by atoms with Crippen molar-refractivity contribution in [3.05, 3.63) is 65.7 Å². The predicted molar refractivity (Wildman–Crippen MR) is 91.0 cm³/mol. The number of benzene rings is 2. The van der Waals surface area contributed by atoms with Gasteiger partial charge in [-0.25, -0.2) is 8.78 Å². The van der Waals surface area contributed by atoms with Gasteiger partial charge in [0.05, 0.1) is 5.75 Å². The molecule has 3 rings (SSSR count). The molecule has 0 spiro atoms. The molecular weight excluding hydrogens is 352 g/mol. The van der Waals surface area contributed by atoms with Crippen LogP contribution >= 0.6 is 23.1 Å². The summed E-state index contributed by atoms with van der Waals surface area (Å²) < 4.78 is 26.6. The molecule has 1 heterocycles. The standard InChI is InChI=1S/C16H11F2N3OS2/c17-11-6-4-10(5-7-11)14(22)9-23-16-21-20-15(24-16)19-13-3-1-2-12(18)8-13/h1-8H,9H2,(H,19,20). The highest BCUT2D eigenvalue weighted by Gasteiger charge is 2.10. The van der Waals surface area contributed by atoms with Crippen LogP contribution < -0.4 is 5.32 Å². The lowest BCUT2D eigenvalue weighted by atomic mass is 10.1. The Bertz CT molecular complexity index is 853. The quantitative estimate of drug-likeness (QED) is 0.515. The first kappa shape index (κ1) is 16.5. The van der Waals surface area contributed by atoms with Gasteiger partial charge in [-0.2, -0.15) is 0 Å². The molecule has 0 aliphatic carbocycles. The number of thioether (sulfide) groups is 1. The number of nitrogens with zero attached hydrogens (tertiary/aromatic N) is 2. The maximum atomic E-state index is 13.1. The lowest BCUT2D eigenvalue weighted by Gasteiger charge is -2.00. The molecule has 0 unspecified atom stereocenters. The fraction of sp³-hybridized carbons (Fsp3) is 0.0625. The van der Waals surface area contributed by atoms with E-state index < -0.39 is 0 Å². The van der Waals surface area contributed by atoms with Gasteiger partial charge in [0.1, 0.15) is 11.6 Å². The van der Waals surface area contributed by atoms with Crippen molar-refractivity contribution < 1.29 is 13.6 Å². The van der Waals surface area contributed by atoms with E-state index in [0.29, 0.717) is 20.7 Å². The predicted octanol–water partition coefficient (Wildman–Crippen LogP) is 4.53. The number of nitrogens with one attached hydrogen (secondary N) is 1. The normalized spacial score (nSPS) is 10.6. The van der Waals surface area contributed by atoms with Crippen molar-refractivity contribution >= 4 is 39.7 Å². The van der Waals surface area contributed by atoms with Gasteiger partial charge in [-0.05, 0) is 42.5 Å². The summed E-state index contributed by atoms with van der Waals surface area (Å²) in [6, 6.07) is 11.4. The van der Waals surface area contributed by atoms with Gasteiger partial charge in [-0.3, -0.25) is 4.79 Å². The summed E-state index contributed by atoms with van der Waals surface area (Å²) in [4.78, 5) is 12.0. The van der Waals surface area contributed by atoms with Crippen LogP contribution in [-0.2, 0) is 0 Å². The second-order valence-corrected chi connectivity index (χ2v) is 6.93. The molecule has 1 aromatic heterocycles. The molecule has 0 amide bonds. The number of hydrogen-bond donors (Lipinski definition) is 1. The molecule has 0 saturated heterocycles. The van der Waals surface area contributed by atoms with Crippen LogP contribution in [0.4, 0.5) is 19.6 Å². The van der Waals surface area contributed by atoms with Crippen molar-refractivity contribution in [2.45, 2.75) is 4.34 Å². The Hall–Kier alpha value is -2.32. The number of halogens is 2. The SMILES string of the molecule is O=C(CSc1nnc(Nc2cccc(F)c2)s1)c1ccc(F)cc1. The summed E-state index contributed by atoms with van der Waals surface area (Å²) in [6.07, 6.45) is 0. The molecule has 0 aliphatic heterocycles. The molecule has 0 aliphatic rings. The molecule has 122 valence electrons. The van der Waals surface area contributed by atoms with Gasteiger partial charge in [0.25, 0.3) is 0 Å². The Morgan fingerprint density at radius 2 is 1.88 bits per heavy atom. The smallest absolute Gasteiger partial charge is 0.210 e. The van der Waals surface area contributed by atoms with E-state index in [0.717, 1.165) is 0 Å². The van der Waals surface area contributed by atoms with Crippen molar-refractivity contribution in [2.75, 3.05) is 11.1 Å². The molecule has 8 heteroatoms. The third-order valence-electron chi connectivity index (χ3n) is 2.98. The van der Waals surface area contributed by atoms with Gasteiger partial charge >= 0.3 is 0 Å². The fourth-order valence-electron chi connectivity index (χ4n) is 1.85. The van der Waals surface area contributed by atoms with E-state index in [1.165, 1.54) is 59.5 Å². The van der Waals surface area contributed by atoms with Crippen molar-refractivity contribution in [3.63, 3.8) is 0 Å². The largest absolute Gasteiger partial charge is 0.330 e. The number of carbonyl (C=O) groups is 1. The van der Waals surface area contributed by atoms with Crippen LogP contribution in [0.3, 0.4) is 0 Å². The number of carbonyl (C=O) groups excluding carboxylic acids is 1. The highest BCUT2D eigenvalue weighted by Crippen LogP contribution is 2.28. The molecule has 3 aromatic rings. The minimum absolute atomic E-state index is 0.116. The van der Waals surface area contributed by atoms with Crippen molar-refractivity contribution in [3.8, 4) is 0 Å². The van der Waals surface area contributed by atoms with Gasteiger partial charge in [-0.1, -0.05) is 29.2 Å². The van der Waals surface area contributed by atoms with Gasteiger partial charge < -0.3 is 5.32 Å². The van der Waals surface area contributed by atoms with Crippen molar-refractivity contribution in [1.29, 1.82) is 0 Å². The zero-order valence-corrected chi connectivity index (χ0v) is 13.8. The Morgan fingerprint density at radius 1 is 1.08 bits per heavy atom. The van der Waals surface area contributed by atoms with Crippen LogP contribution in [-0.4, -0.2) is 21.7 Å². The molecule has 0 bridgehead atoms. The maximum absolute atomic E-state index is 13.1. The monoisotopic (exact) mass is 363 g/mol. The second-order valence-electron chi connectivity index (χ2n) is 4.73. The van der Waals surface area contributed by atoms with E-state index in [9.17, 15) is 13.6 Å². The third-order valence-corrected chi connectivity index (χ3v) is 4.95. The summed E-state index contributed by atoms with van der Waals surface area (Å²) >= 11 is 2.52. The van der Waals surface area contributed by atoms with Crippen LogP contribution in [0.5, 0.6) is 0 Å². The summed E-state index contributed by atoms with van der Waals surface area (Å²) in [5, 5.41) is 11.4. The Labute approximate surface area is 144 Å². The van der Waals surface area contributed by atoms with Crippen molar-refractivity contribution in [2.24, 2.45) is 0 Å². The number of Topliss-reactive ketones (excluding diaryl/α,β-unsaturated/α-hetero) is 1. The molecule has 4 nitrogen and oxygen atoms in total. The number of anilines is 2. The minimum atomic E-state index is -0.378. The highest BCUT2D eigenvalue weighted by atomic mass is 32.2. The zero-order valence-electron chi connectivity index (χ0n) is 12.2. The molecule has 0 atom stereocenters. The first-order valence-corrected chi connectivity index (χ1v) is 8.68. The van der Waals surface area contributed by atoms with E-state index >= 15 is 0 Å². The fourth-order valence-corrected chi connectivity index (χ4v) is 3.52. The lowest BCUT2D eigenvalue weighted by Crippen LogP contribution is -2.01. The van der Waals surface area contributed by atoms with Crippen LogP contribution in [0.25, 0.3) is 0 Å². The van der Waals surface area contributed by atoms with Crippen LogP contribution in [0.2, 0.25) is 0 Å². The lowest BCUT2D eigenvalue weighted by molar-refractivity contribution is 0.102. The van der Waals surface area contributed by atoms with Crippen LogP contribution in [0.1, 0.15) is 10.4 Å². The Balaban J connectivity index is 1.58. The molecular formula is C16H11F2N3OS2. The molecule has 0 fully saturated rings. The number of hydrogen-bond acceptors (Lipinski definition) is 6. The zero-order chi connectivity index (χ0) is 16.9. The van der Waals surface area contributed by atoms with E-state index in [4.69, 9.17) is 0 Å². The van der Waals surface area contributed by atoms with E-state index in [2.05, 4.69) is 15.5 Å². The van der Waals surface area contributed by atoms with E-state index in [-0.39, 0.29) is 23.2 Å². The summed E-state index contributed by atoms with van der Waals surface area (Å²) in [5.41, 5.74) is 1.02. The van der Waals surface area contributed by atoms with Crippen LogP contribution in [0, 0.1) is 11.6 Å². The van der Waals surface area contributed by atoms with Crippen molar-refractivity contribution in [1.82, 2.24) is 10.2 Å². The van der Waals surface area contributed by atoms with Gasteiger partial charge in [0.15, 0.2) is 10.1 Å². The number of ketones is 1. The minimum Gasteiger partial charge on any atom is -0.330 e. The third kappa shape index (κ3) is 4.36. The second kappa shape index (κ2) is 7.50. The average molecular weight is 363 g/mol. The Kier molecular flexibility index (Phi) is 5.17. The number of aromatic nitrogens is 2. The topological polar surface area (TPSA) is 54.9 Å². The summed E-state index contributed by atoms with van der Waals surface area (Å²) in [5.74, 6) is -0.657. The first-order chi connectivity index (χ1) is 11.6.